The number of rotatable bonds is 14. The lowest BCUT2D eigenvalue weighted by Crippen LogP contribution is -2.57. The zero-order chi connectivity index (χ0) is 22.5. The normalized spacial score (nSPS) is 13.7. The Morgan fingerprint density at radius 3 is 2.40 bits per heavy atom. The SMILES string of the molecule is NCCCCC(N)C(=O)NC(CS)C(=O)NC(Cc1cnc[nH]1)C(=O)NCC(=O)O. The standard InChI is InChI=1S/C17H29N7O5S/c18-4-2-1-3-11(19)15(27)24-13(8-30)17(29)23-12(5-10-6-20-9-22-10)16(28)21-7-14(25)26/h6,9,11-13,30H,1-5,7-8,18-19H2,(H,20,22)(H,21,28)(H,23,29)(H,24,27)(H,25,26). The Hall–Kier alpha value is -2.64. The number of carboxylic acids is 1. The molecule has 13 heteroatoms. The largest absolute Gasteiger partial charge is 0.480 e. The average molecular weight is 444 g/mol. The van der Waals surface area contributed by atoms with Gasteiger partial charge in [0, 0.05) is 24.1 Å². The summed E-state index contributed by atoms with van der Waals surface area (Å²) in [6, 6.07) is -2.92. The second kappa shape index (κ2) is 13.6. The van der Waals surface area contributed by atoms with E-state index in [9.17, 15) is 19.2 Å². The first kappa shape index (κ1) is 25.4. The van der Waals surface area contributed by atoms with Crippen LogP contribution in [0, 0.1) is 0 Å². The number of nitrogens with one attached hydrogen (secondary N) is 4. The molecule has 0 saturated carbocycles. The number of aromatic amines is 1. The van der Waals surface area contributed by atoms with Gasteiger partial charge in [-0.3, -0.25) is 19.2 Å². The second-order valence-corrected chi connectivity index (χ2v) is 6.95. The number of amides is 3. The number of carbonyl (C=O) groups is 4. The molecule has 0 aliphatic carbocycles. The highest BCUT2D eigenvalue weighted by molar-refractivity contribution is 7.80. The molecule has 3 unspecified atom stereocenters. The maximum Gasteiger partial charge on any atom is 0.322 e. The minimum atomic E-state index is -1.22. The molecule has 0 saturated heterocycles. The Morgan fingerprint density at radius 1 is 1.13 bits per heavy atom. The van der Waals surface area contributed by atoms with Crippen molar-refractivity contribution in [2.75, 3.05) is 18.8 Å². The molecule has 1 rings (SSSR count). The number of imidazole rings is 1. The van der Waals surface area contributed by atoms with E-state index in [-0.39, 0.29) is 12.2 Å². The molecule has 1 aromatic rings. The predicted molar refractivity (Wildman–Crippen MR) is 112 cm³/mol. The number of nitrogens with two attached hydrogens (primary N) is 2. The van der Waals surface area contributed by atoms with Gasteiger partial charge >= 0.3 is 5.97 Å². The van der Waals surface area contributed by atoms with E-state index in [2.05, 4.69) is 38.5 Å². The second-order valence-electron chi connectivity index (χ2n) is 6.59. The van der Waals surface area contributed by atoms with E-state index >= 15 is 0 Å². The summed E-state index contributed by atoms with van der Waals surface area (Å²) in [4.78, 5) is 54.5. The Morgan fingerprint density at radius 2 is 1.83 bits per heavy atom. The molecule has 0 aliphatic heterocycles. The third-order valence-corrected chi connectivity index (χ3v) is 4.51. The molecule has 1 aromatic heterocycles. The molecule has 168 valence electrons. The van der Waals surface area contributed by atoms with Crippen LogP contribution in [0.25, 0.3) is 0 Å². The molecule has 3 amide bonds. The summed E-state index contributed by atoms with van der Waals surface area (Å²) >= 11 is 4.09. The van der Waals surface area contributed by atoms with Gasteiger partial charge in [0.25, 0.3) is 0 Å². The molecule has 12 nitrogen and oxygen atoms in total. The summed E-state index contributed by atoms with van der Waals surface area (Å²) in [5, 5.41) is 16.0. The van der Waals surface area contributed by atoms with Crippen LogP contribution >= 0.6 is 12.6 Å². The maximum atomic E-state index is 12.6. The zero-order valence-corrected chi connectivity index (χ0v) is 17.4. The predicted octanol–water partition coefficient (Wildman–Crippen LogP) is -2.49. The van der Waals surface area contributed by atoms with Gasteiger partial charge < -0.3 is 37.5 Å². The molecule has 0 aromatic carbocycles. The summed E-state index contributed by atoms with van der Waals surface area (Å²) in [6.45, 7) is -0.101. The molecule has 0 spiro atoms. The van der Waals surface area contributed by atoms with Crippen molar-refractivity contribution in [1.82, 2.24) is 25.9 Å². The molecular weight excluding hydrogens is 414 g/mol. The van der Waals surface area contributed by atoms with Crippen LogP contribution in [-0.4, -0.2) is 75.7 Å². The van der Waals surface area contributed by atoms with E-state index in [4.69, 9.17) is 16.6 Å². The number of hydrogen-bond acceptors (Lipinski definition) is 8. The number of carbonyl (C=O) groups excluding carboxylic acids is 3. The van der Waals surface area contributed by atoms with Crippen LogP contribution in [-0.2, 0) is 25.6 Å². The van der Waals surface area contributed by atoms with Crippen molar-refractivity contribution in [2.45, 2.75) is 43.8 Å². The van der Waals surface area contributed by atoms with Crippen LogP contribution in [0.3, 0.4) is 0 Å². The monoisotopic (exact) mass is 443 g/mol. The minimum absolute atomic E-state index is 0.0272. The Labute approximate surface area is 179 Å². The quantitative estimate of drug-likeness (QED) is 0.114. The van der Waals surface area contributed by atoms with Gasteiger partial charge in [0.1, 0.15) is 18.6 Å². The van der Waals surface area contributed by atoms with E-state index in [1.165, 1.54) is 12.5 Å². The van der Waals surface area contributed by atoms with Gasteiger partial charge in [-0.05, 0) is 19.4 Å². The molecular formula is C17H29N7O5S. The smallest absolute Gasteiger partial charge is 0.322 e. The van der Waals surface area contributed by atoms with E-state index in [0.29, 0.717) is 25.1 Å². The van der Waals surface area contributed by atoms with Crippen molar-refractivity contribution in [2.24, 2.45) is 11.5 Å². The van der Waals surface area contributed by atoms with Gasteiger partial charge in [-0.15, -0.1) is 0 Å². The number of carboxylic acid groups (broad SMARTS) is 1. The molecule has 0 fully saturated rings. The lowest BCUT2D eigenvalue weighted by molar-refractivity contribution is -0.138. The average Bonchev–Trinajstić information content (AvgIpc) is 3.22. The fraction of sp³-hybridized carbons (Fsp3) is 0.588. The van der Waals surface area contributed by atoms with Gasteiger partial charge in [0.15, 0.2) is 0 Å². The van der Waals surface area contributed by atoms with Gasteiger partial charge in [-0.2, -0.15) is 12.6 Å². The van der Waals surface area contributed by atoms with Gasteiger partial charge in [-0.1, -0.05) is 6.42 Å². The van der Waals surface area contributed by atoms with Crippen molar-refractivity contribution in [3.8, 4) is 0 Å². The highest BCUT2D eigenvalue weighted by atomic mass is 32.1. The highest BCUT2D eigenvalue weighted by Crippen LogP contribution is 2.02. The molecule has 3 atom stereocenters. The van der Waals surface area contributed by atoms with Crippen LogP contribution in [0.1, 0.15) is 25.0 Å². The fourth-order valence-electron chi connectivity index (χ4n) is 2.50. The van der Waals surface area contributed by atoms with Crippen LogP contribution in [0.2, 0.25) is 0 Å². The van der Waals surface area contributed by atoms with Crippen molar-refractivity contribution >= 4 is 36.3 Å². The molecule has 9 N–H and O–H groups in total. The molecule has 0 bridgehead atoms. The number of aliphatic carboxylic acids is 1. The first-order valence-corrected chi connectivity index (χ1v) is 10.1. The first-order valence-electron chi connectivity index (χ1n) is 9.42. The Bertz CT molecular complexity index is 701. The third-order valence-electron chi connectivity index (χ3n) is 4.15. The van der Waals surface area contributed by atoms with Gasteiger partial charge in [0.2, 0.25) is 17.7 Å². The van der Waals surface area contributed by atoms with Crippen LogP contribution in [0.4, 0.5) is 0 Å². The van der Waals surface area contributed by atoms with E-state index in [1.54, 1.807) is 0 Å². The van der Waals surface area contributed by atoms with Crippen molar-refractivity contribution in [1.29, 1.82) is 0 Å². The van der Waals surface area contributed by atoms with Crippen molar-refractivity contribution in [3.05, 3.63) is 18.2 Å². The molecule has 30 heavy (non-hydrogen) atoms. The van der Waals surface area contributed by atoms with Gasteiger partial charge in [-0.25, -0.2) is 4.98 Å². The van der Waals surface area contributed by atoms with Crippen LogP contribution in [0.15, 0.2) is 12.5 Å². The minimum Gasteiger partial charge on any atom is -0.480 e. The number of thiol groups is 1. The number of hydrogen-bond donors (Lipinski definition) is 8. The van der Waals surface area contributed by atoms with E-state index in [1.807, 2.05) is 0 Å². The van der Waals surface area contributed by atoms with E-state index < -0.39 is 48.4 Å². The Kier molecular flexibility index (Phi) is 11.5. The van der Waals surface area contributed by atoms with Crippen LogP contribution in [0.5, 0.6) is 0 Å². The fourth-order valence-corrected chi connectivity index (χ4v) is 2.75. The third kappa shape index (κ3) is 9.24. The highest BCUT2D eigenvalue weighted by Gasteiger charge is 2.28. The van der Waals surface area contributed by atoms with Crippen LogP contribution < -0.4 is 27.4 Å². The summed E-state index contributed by atoms with van der Waals surface area (Å²) in [5.74, 6) is -3.10. The number of nitrogens with zero attached hydrogens (tertiary/aromatic N) is 1. The number of unbranched alkanes of at least 4 members (excludes halogenated alkanes) is 1. The van der Waals surface area contributed by atoms with Gasteiger partial charge in [0.05, 0.1) is 12.4 Å². The summed E-state index contributed by atoms with van der Waals surface area (Å²) in [7, 11) is 0. The molecule has 1 heterocycles. The number of aromatic nitrogens is 2. The number of H-pyrrole nitrogens is 1. The molecule has 0 aliphatic rings. The van der Waals surface area contributed by atoms with E-state index in [0.717, 1.165) is 6.42 Å². The summed E-state index contributed by atoms with van der Waals surface area (Å²) in [5.41, 5.74) is 11.8. The van der Waals surface area contributed by atoms with Crippen molar-refractivity contribution < 1.29 is 24.3 Å². The lowest BCUT2D eigenvalue weighted by Gasteiger charge is -2.23. The summed E-state index contributed by atoms with van der Waals surface area (Å²) < 4.78 is 0. The zero-order valence-electron chi connectivity index (χ0n) is 16.5. The Balaban J connectivity index is 2.74. The first-order chi connectivity index (χ1) is 14.3. The maximum absolute atomic E-state index is 12.6. The topological polar surface area (TPSA) is 205 Å². The molecule has 0 radical (unpaired) electrons. The summed E-state index contributed by atoms with van der Waals surface area (Å²) in [6.07, 6.45) is 4.76. The van der Waals surface area contributed by atoms with Crippen molar-refractivity contribution in [3.63, 3.8) is 0 Å². The lowest BCUT2D eigenvalue weighted by atomic mass is 10.1.